The highest BCUT2D eigenvalue weighted by atomic mass is 35.5. The lowest BCUT2D eigenvalue weighted by atomic mass is 10.0. The van der Waals surface area contributed by atoms with Crippen LogP contribution in [0.1, 0.15) is 50.5 Å². The number of nitrogens with one attached hydrogen (secondary N) is 2. The molecular weight excluding hydrogens is 356 g/mol. The molecule has 7 heteroatoms. The summed E-state index contributed by atoms with van der Waals surface area (Å²) in [6.45, 7) is 8.95. The Kier molecular flexibility index (Phi) is 9.03. The van der Waals surface area contributed by atoms with Crippen LogP contribution in [0.15, 0.2) is 17.1 Å². The maximum absolute atomic E-state index is 10.3. The molecule has 0 amide bonds. The van der Waals surface area contributed by atoms with Crippen molar-refractivity contribution in [3.63, 3.8) is 0 Å². The van der Waals surface area contributed by atoms with E-state index >= 15 is 0 Å². The first-order valence-corrected chi connectivity index (χ1v) is 10.5. The smallest absolute Gasteiger partial charge is 0.191 e. The van der Waals surface area contributed by atoms with Gasteiger partial charge in [0.25, 0.3) is 0 Å². The minimum atomic E-state index is -0.608. The van der Waals surface area contributed by atoms with Gasteiger partial charge in [-0.15, -0.1) is 11.3 Å². The first-order valence-electron chi connectivity index (χ1n) is 9.32. The highest BCUT2D eigenvalue weighted by Gasteiger charge is 2.19. The van der Waals surface area contributed by atoms with Crippen molar-refractivity contribution in [2.75, 3.05) is 32.7 Å². The third kappa shape index (κ3) is 7.13. The van der Waals surface area contributed by atoms with Crippen LogP contribution in [0, 0.1) is 0 Å². The number of unbranched alkanes of at least 4 members (excludes halogenated alkanes) is 1. The van der Waals surface area contributed by atoms with Crippen molar-refractivity contribution >= 4 is 28.9 Å². The van der Waals surface area contributed by atoms with Gasteiger partial charge in [-0.3, -0.25) is 4.99 Å². The first kappa shape index (κ1) is 20.5. The van der Waals surface area contributed by atoms with E-state index in [1.807, 2.05) is 12.1 Å². The molecule has 25 heavy (non-hydrogen) atoms. The third-order valence-corrected chi connectivity index (χ3v) is 5.78. The quantitative estimate of drug-likeness (QED) is 0.474. The first-order chi connectivity index (χ1) is 12.1. The average molecular weight is 387 g/mol. The van der Waals surface area contributed by atoms with Gasteiger partial charge >= 0.3 is 0 Å². The number of aliphatic hydroxyl groups excluding tert-OH is 1. The summed E-state index contributed by atoms with van der Waals surface area (Å²) in [5, 5.41) is 17.1. The zero-order chi connectivity index (χ0) is 18.1. The molecule has 2 rings (SSSR count). The predicted octanol–water partition coefficient (Wildman–Crippen LogP) is 3.25. The molecule has 0 spiro atoms. The second-order valence-electron chi connectivity index (χ2n) is 6.49. The molecule has 1 aromatic rings. The van der Waals surface area contributed by atoms with Crippen molar-refractivity contribution < 1.29 is 5.11 Å². The molecule has 1 aromatic heterocycles. The minimum Gasteiger partial charge on any atom is -0.386 e. The molecule has 2 heterocycles. The van der Waals surface area contributed by atoms with Crippen LogP contribution in [0.2, 0.25) is 4.34 Å². The fourth-order valence-electron chi connectivity index (χ4n) is 2.97. The summed E-state index contributed by atoms with van der Waals surface area (Å²) in [6.07, 6.45) is 4.21. The Morgan fingerprint density at radius 3 is 2.76 bits per heavy atom. The van der Waals surface area contributed by atoms with E-state index in [1.54, 1.807) is 0 Å². The van der Waals surface area contributed by atoms with Crippen LogP contribution in [0.25, 0.3) is 0 Å². The van der Waals surface area contributed by atoms with Crippen molar-refractivity contribution in [2.45, 2.75) is 51.7 Å². The molecule has 142 valence electrons. The monoisotopic (exact) mass is 386 g/mol. The van der Waals surface area contributed by atoms with Crippen LogP contribution in [0.3, 0.4) is 0 Å². The van der Waals surface area contributed by atoms with E-state index in [2.05, 4.69) is 34.4 Å². The molecule has 1 unspecified atom stereocenters. The fraction of sp³-hybridized carbons (Fsp3) is 0.722. The van der Waals surface area contributed by atoms with E-state index in [0.29, 0.717) is 16.9 Å². The largest absolute Gasteiger partial charge is 0.386 e. The van der Waals surface area contributed by atoms with Gasteiger partial charge in [0, 0.05) is 30.6 Å². The van der Waals surface area contributed by atoms with Crippen LogP contribution in [-0.2, 0) is 0 Å². The molecule has 1 saturated heterocycles. The molecule has 5 nitrogen and oxygen atoms in total. The van der Waals surface area contributed by atoms with Crippen LogP contribution < -0.4 is 10.6 Å². The zero-order valence-corrected chi connectivity index (χ0v) is 16.9. The molecule has 1 atom stereocenters. The van der Waals surface area contributed by atoms with Crippen molar-refractivity contribution in [3.8, 4) is 0 Å². The van der Waals surface area contributed by atoms with Gasteiger partial charge in [-0.1, -0.05) is 24.9 Å². The standard InChI is InChI=1S/C18H31ClN4OS/c1-3-5-10-23-11-8-14(9-12-23)22-18(20-4-2)21-13-15(24)16-6-7-17(19)25-16/h6-7,14-15,24H,3-5,8-13H2,1-2H3,(H2,20,21,22). The second-order valence-corrected chi connectivity index (χ2v) is 8.24. The molecule has 0 aliphatic carbocycles. The Morgan fingerprint density at radius 1 is 1.40 bits per heavy atom. The van der Waals surface area contributed by atoms with Gasteiger partial charge in [-0.2, -0.15) is 0 Å². The summed E-state index contributed by atoms with van der Waals surface area (Å²) in [5.41, 5.74) is 0. The van der Waals surface area contributed by atoms with E-state index in [1.165, 1.54) is 30.7 Å². The molecular formula is C18H31ClN4OS. The Bertz CT molecular complexity index is 529. The van der Waals surface area contributed by atoms with Crippen LogP contribution >= 0.6 is 22.9 Å². The third-order valence-electron chi connectivity index (χ3n) is 4.45. The fourth-order valence-corrected chi connectivity index (χ4v) is 4.01. The molecule has 0 saturated carbocycles. The Morgan fingerprint density at radius 2 is 2.16 bits per heavy atom. The van der Waals surface area contributed by atoms with Gasteiger partial charge in [-0.05, 0) is 44.9 Å². The number of aliphatic hydroxyl groups is 1. The number of likely N-dealkylation sites (tertiary alicyclic amines) is 1. The van der Waals surface area contributed by atoms with Gasteiger partial charge in [0.1, 0.15) is 6.10 Å². The second kappa shape index (κ2) is 11.0. The number of aliphatic imine (C=N–C) groups is 1. The normalized spacial score (nSPS) is 18.3. The number of guanidine groups is 1. The van der Waals surface area contributed by atoms with Gasteiger partial charge in [0.05, 0.1) is 10.9 Å². The summed E-state index contributed by atoms with van der Waals surface area (Å²) in [4.78, 5) is 7.96. The molecule has 0 radical (unpaired) electrons. The number of thiophene rings is 1. The highest BCUT2D eigenvalue weighted by Crippen LogP contribution is 2.26. The molecule has 1 fully saturated rings. The van der Waals surface area contributed by atoms with Gasteiger partial charge in [0.15, 0.2) is 5.96 Å². The summed E-state index contributed by atoms with van der Waals surface area (Å²) in [6, 6.07) is 4.12. The highest BCUT2D eigenvalue weighted by molar-refractivity contribution is 7.16. The number of halogens is 1. The van der Waals surface area contributed by atoms with E-state index < -0.39 is 6.10 Å². The lowest BCUT2D eigenvalue weighted by Crippen LogP contribution is -2.48. The lowest BCUT2D eigenvalue weighted by Gasteiger charge is -2.33. The molecule has 0 bridgehead atoms. The van der Waals surface area contributed by atoms with Crippen molar-refractivity contribution in [1.82, 2.24) is 15.5 Å². The predicted molar refractivity (Wildman–Crippen MR) is 108 cm³/mol. The van der Waals surface area contributed by atoms with E-state index in [-0.39, 0.29) is 0 Å². The molecule has 1 aliphatic heterocycles. The van der Waals surface area contributed by atoms with Crippen molar-refractivity contribution in [1.29, 1.82) is 0 Å². The van der Waals surface area contributed by atoms with Gasteiger partial charge in [-0.25, -0.2) is 0 Å². The van der Waals surface area contributed by atoms with Crippen molar-refractivity contribution in [3.05, 3.63) is 21.3 Å². The summed E-state index contributed by atoms with van der Waals surface area (Å²) in [7, 11) is 0. The van der Waals surface area contributed by atoms with E-state index in [0.717, 1.165) is 43.3 Å². The number of piperidine rings is 1. The minimum absolute atomic E-state index is 0.335. The Labute approximate surface area is 160 Å². The average Bonchev–Trinajstić information content (AvgIpc) is 3.05. The summed E-state index contributed by atoms with van der Waals surface area (Å²) < 4.78 is 0.692. The van der Waals surface area contributed by atoms with Crippen LogP contribution in [-0.4, -0.2) is 54.7 Å². The molecule has 0 aromatic carbocycles. The SMILES string of the molecule is CCCCN1CCC(NC(=NCC(O)c2ccc(Cl)s2)NCC)CC1. The Balaban J connectivity index is 1.81. The number of rotatable bonds is 8. The lowest BCUT2D eigenvalue weighted by molar-refractivity contribution is 0.190. The Hall–Kier alpha value is -0.820. The van der Waals surface area contributed by atoms with Crippen LogP contribution in [0.4, 0.5) is 0 Å². The van der Waals surface area contributed by atoms with Gasteiger partial charge in [0.2, 0.25) is 0 Å². The maximum atomic E-state index is 10.3. The van der Waals surface area contributed by atoms with E-state index in [9.17, 15) is 5.11 Å². The molecule has 1 aliphatic rings. The summed E-state index contributed by atoms with van der Waals surface area (Å²) >= 11 is 7.34. The maximum Gasteiger partial charge on any atom is 0.191 e. The van der Waals surface area contributed by atoms with E-state index in [4.69, 9.17) is 11.6 Å². The molecule has 3 N–H and O–H groups in total. The zero-order valence-electron chi connectivity index (χ0n) is 15.3. The summed E-state index contributed by atoms with van der Waals surface area (Å²) in [5.74, 6) is 0.788. The van der Waals surface area contributed by atoms with Gasteiger partial charge < -0.3 is 20.6 Å². The number of nitrogens with zero attached hydrogens (tertiary/aromatic N) is 2. The van der Waals surface area contributed by atoms with Crippen LogP contribution in [0.5, 0.6) is 0 Å². The topological polar surface area (TPSA) is 59.9 Å². The number of hydrogen-bond donors (Lipinski definition) is 3. The van der Waals surface area contributed by atoms with Crippen molar-refractivity contribution in [2.24, 2.45) is 4.99 Å². The number of hydrogen-bond acceptors (Lipinski definition) is 4.